The van der Waals surface area contributed by atoms with Crippen molar-refractivity contribution in [3.8, 4) is 0 Å². The summed E-state index contributed by atoms with van der Waals surface area (Å²) in [6.07, 6.45) is 0. The molecule has 3 heterocycles. The van der Waals surface area contributed by atoms with Gasteiger partial charge in [-0.3, -0.25) is 0 Å². The molecule has 0 saturated carbocycles. The van der Waals surface area contributed by atoms with E-state index in [1.54, 1.807) is 0 Å². The zero-order valence-corrected chi connectivity index (χ0v) is 7.77. The maximum atomic E-state index is 5.36. The molecule has 11 heavy (non-hydrogen) atoms. The highest BCUT2D eigenvalue weighted by atomic mass is 31.2. The minimum absolute atomic E-state index is 0.136. The molecule has 3 aliphatic rings. The van der Waals surface area contributed by atoms with Gasteiger partial charge in [-0.15, -0.1) is 0 Å². The predicted molar refractivity (Wildman–Crippen MR) is 42.0 cm³/mol. The standard InChI is InChI=1S/C7H13O3P/c1-6(2)7-3-8-11(9-4-7)10-5-7/h6H,3-5H2,1-2H3. The zero-order chi connectivity index (χ0) is 7.90. The molecule has 4 heteroatoms. The van der Waals surface area contributed by atoms with Crippen molar-refractivity contribution in [2.45, 2.75) is 13.8 Å². The molecule has 2 bridgehead atoms. The van der Waals surface area contributed by atoms with Gasteiger partial charge in [-0.05, 0) is 5.92 Å². The van der Waals surface area contributed by atoms with E-state index < -0.39 is 8.60 Å². The average Bonchev–Trinajstić information content (AvgIpc) is 2.08. The molecular formula is C7H13O3P. The quantitative estimate of drug-likeness (QED) is 0.571. The van der Waals surface area contributed by atoms with E-state index >= 15 is 0 Å². The highest BCUT2D eigenvalue weighted by molar-refractivity contribution is 7.41. The van der Waals surface area contributed by atoms with Gasteiger partial charge < -0.3 is 13.6 Å². The van der Waals surface area contributed by atoms with Crippen LogP contribution in [-0.4, -0.2) is 19.8 Å². The minimum Gasteiger partial charge on any atom is -0.311 e. The summed E-state index contributed by atoms with van der Waals surface area (Å²) in [5.41, 5.74) is 0.136. The molecule has 0 unspecified atom stereocenters. The molecule has 0 aliphatic carbocycles. The predicted octanol–water partition coefficient (Wildman–Crippen LogP) is 1.93. The number of hydrogen-bond acceptors (Lipinski definition) is 3. The van der Waals surface area contributed by atoms with E-state index in [2.05, 4.69) is 13.8 Å². The Kier molecular flexibility index (Phi) is 1.92. The van der Waals surface area contributed by atoms with Crippen LogP contribution in [0.4, 0.5) is 0 Å². The summed E-state index contributed by atoms with van der Waals surface area (Å²) in [5.74, 6) is 0.569. The van der Waals surface area contributed by atoms with Crippen LogP contribution in [0.2, 0.25) is 0 Å². The molecule has 0 radical (unpaired) electrons. The Hall–Kier alpha value is 0.310. The van der Waals surface area contributed by atoms with Gasteiger partial charge in [0.15, 0.2) is 0 Å². The van der Waals surface area contributed by atoms with Gasteiger partial charge in [0, 0.05) is 5.41 Å². The highest BCUT2D eigenvalue weighted by Gasteiger charge is 2.46. The van der Waals surface area contributed by atoms with Gasteiger partial charge in [0.1, 0.15) is 0 Å². The SMILES string of the molecule is CC(C)C12COP(OC1)OC2. The summed E-state index contributed by atoms with van der Waals surface area (Å²) in [4.78, 5) is 0. The van der Waals surface area contributed by atoms with E-state index in [4.69, 9.17) is 13.6 Å². The molecule has 3 saturated heterocycles. The Labute approximate surface area is 68.0 Å². The van der Waals surface area contributed by atoms with Crippen LogP contribution in [0.5, 0.6) is 0 Å². The van der Waals surface area contributed by atoms with Crippen LogP contribution in [0.3, 0.4) is 0 Å². The van der Waals surface area contributed by atoms with Crippen LogP contribution >= 0.6 is 8.60 Å². The Morgan fingerprint density at radius 1 is 1.09 bits per heavy atom. The lowest BCUT2D eigenvalue weighted by molar-refractivity contribution is -0.0967. The molecule has 0 N–H and O–H groups in total. The molecule has 0 aromatic carbocycles. The van der Waals surface area contributed by atoms with Crippen molar-refractivity contribution in [2.75, 3.05) is 19.8 Å². The molecule has 3 rings (SSSR count). The van der Waals surface area contributed by atoms with Crippen molar-refractivity contribution < 1.29 is 13.6 Å². The molecule has 0 aromatic heterocycles. The first-order valence-electron chi connectivity index (χ1n) is 3.92. The molecule has 0 aromatic rings. The fourth-order valence-electron chi connectivity index (χ4n) is 1.28. The second-order valence-electron chi connectivity index (χ2n) is 3.56. The molecule has 3 fully saturated rings. The topological polar surface area (TPSA) is 27.7 Å². The van der Waals surface area contributed by atoms with Crippen molar-refractivity contribution >= 4 is 8.60 Å². The minimum atomic E-state index is -0.960. The van der Waals surface area contributed by atoms with Crippen molar-refractivity contribution in [1.82, 2.24) is 0 Å². The fourth-order valence-corrected chi connectivity index (χ4v) is 2.59. The van der Waals surface area contributed by atoms with E-state index in [1.807, 2.05) is 0 Å². The fraction of sp³-hybridized carbons (Fsp3) is 1.00. The first-order chi connectivity index (χ1) is 5.23. The average molecular weight is 176 g/mol. The summed E-state index contributed by atoms with van der Waals surface area (Å²) in [6, 6.07) is 0. The van der Waals surface area contributed by atoms with Crippen LogP contribution < -0.4 is 0 Å². The summed E-state index contributed by atoms with van der Waals surface area (Å²) >= 11 is 0. The smallest absolute Gasteiger partial charge is 0.311 e. The molecule has 0 amide bonds. The maximum absolute atomic E-state index is 5.36. The number of fused-ring (bicyclic) bond motifs is 3. The van der Waals surface area contributed by atoms with E-state index in [1.165, 1.54) is 0 Å². The molecule has 0 spiro atoms. The second kappa shape index (κ2) is 2.67. The van der Waals surface area contributed by atoms with E-state index in [9.17, 15) is 0 Å². The summed E-state index contributed by atoms with van der Waals surface area (Å²) in [7, 11) is -0.960. The Morgan fingerprint density at radius 2 is 1.55 bits per heavy atom. The summed E-state index contributed by atoms with van der Waals surface area (Å²) in [5, 5.41) is 0. The first-order valence-corrected chi connectivity index (χ1v) is 5.01. The first kappa shape index (κ1) is 7.93. The monoisotopic (exact) mass is 176 g/mol. The van der Waals surface area contributed by atoms with Gasteiger partial charge in [0.25, 0.3) is 0 Å². The third kappa shape index (κ3) is 1.20. The lowest BCUT2D eigenvalue weighted by atomic mass is 9.79. The Bertz CT molecular complexity index is 138. The van der Waals surface area contributed by atoms with E-state index in [-0.39, 0.29) is 5.41 Å². The van der Waals surface area contributed by atoms with Crippen LogP contribution in [0.15, 0.2) is 0 Å². The van der Waals surface area contributed by atoms with Crippen molar-refractivity contribution in [3.05, 3.63) is 0 Å². The van der Waals surface area contributed by atoms with Crippen LogP contribution in [0.25, 0.3) is 0 Å². The van der Waals surface area contributed by atoms with Gasteiger partial charge in [-0.25, -0.2) is 0 Å². The Balaban J connectivity index is 2.12. The van der Waals surface area contributed by atoms with Crippen molar-refractivity contribution in [2.24, 2.45) is 11.3 Å². The third-order valence-electron chi connectivity index (χ3n) is 2.60. The maximum Gasteiger partial charge on any atom is 0.332 e. The van der Waals surface area contributed by atoms with Crippen LogP contribution in [0, 0.1) is 11.3 Å². The number of hydrogen-bond donors (Lipinski definition) is 0. The lowest BCUT2D eigenvalue weighted by Gasteiger charge is -2.46. The summed E-state index contributed by atoms with van der Waals surface area (Å²) < 4.78 is 16.1. The van der Waals surface area contributed by atoms with Gasteiger partial charge in [-0.2, -0.15) is 0 Å². The van der Waals surface area contributed by atoms with Crippen LogP contribution in [-0.2, 0) is 13.6 Å². The number of rotatable bonds is 1. The molecule has 0 atom stereocenters. The summed E-state index contributed by atoms with van der Waals surface area (Å²) in [6.45, 7) is 6.83. The Morgan fingerprint density at radius 3 is 1.82 bits per heavy atom. The molecular weight excluding hydrogens is 163 g/mol. The third-order valence-corrected chi connectivity index (χ3v) is 3.62. The largest absolute Gasteiger partial charge is 0.332 e. The van der Waals surface area contributed by atoms with Crippen molar-refractivity contribution in [1.29, 1.82) is 0 Å². The van der Waals surface area contributed by atoms with Gasteiger partial charge >= 0.3 is 8.60 Å². The second-order valence-corrected chi connectivity index (χ2v) is 4.78. The van der Waals surface area contributed by atoms with Gasteiger partial charge in [0.2, 0.25) is 0 Å². The lowest BCUT2D eigenvalue weighted by Crippen LogP contribution is -2.47. The van der Waals surface area contributed by atoms with Gasteiger partial charge in [0.05, 0.1) is 19.8 Å². The highest BCUT2D eigenvalue weighted by Crippen LogP contribution is 2.55. The molecule has 3 nitrogen and oxygen atoms in total. The van der Waals surface area contributed by atoms with Crippen molar-refractivity contribution in [3.63, 3.8) is 0 Å². The zero-order valence-electron chi connectivity index (χ0n) is 6.87. The van der Waals surface area contributed by atoms with Crippen LogP contribution in [0.1, 0.15) is 13.8 Å². The van der Waals surface area contributed by atoms with Gasteiger partial charge in [-0.1, -0.05) is 13.8 Å². The normalized spacial score (nSPS) is 43.4. The van der Waals surface area contributed by atoms with E-state index in [0.717, 1.165) is 19.8 Å². The molecule has 64 valence electrons. The molecule has 3 aliphatic heterocycles. The van der Waals surface area contributed by atoms with E-state index in [0.29, 0.717) is 5.92 Å².